The van der Waals surface area contributed by atoms with Gasteiger partial charge in [0.1, 0.15) is 0 Å². The molecule has 0 aliphatic heterocycles. The first-order chi connectivity index (χ1) is 17.7. The van der Waals surface area contributed by atoms with Crippen LogP contribution in [0.3, 0.4) is 0 Å². The molecule has 0 bridgehead atoms. The summed E-state index contributed by atoms with van der Waals surface area (Å²) in [6.07, 6.45) is 2.02. The predicted molar refractivity (Wildman–Crippen MR) is 155 cm³/mol. The molecule has 36 heavy (non-hydrogen) atoms. The van der Waals surface area contributed by atoms with E-state index in [0.29, 0.717) is 0 Å². The normalized spacial score (nSPS) is 10.9. The van der Waals surface area contributed by atoms with Crippen LogP contribution in [0.2, 0.25) is 0 Å². The second-order valence-electron chi connectivity index (χ2n) is 9.29. The second-order valence-corrected chi connectivity index (χ2v) is 9.29. The molecule has 0 unspecified atom stereocenters. The van der Waals surface area contributed by atoms with E-state index in [2.05, 4.69) is 147 Å². The SMILES string of the molecule is CCc1cc(C)ccc1-c1ccc(N(c2ccccc2)c2ccc(-c3ccccc3)cc2)cc1CC. The molecule has 0 fully saturated rings. The largest absolute Gasteiger partial charge is 0.310 e. The quantitative estimate of drug-likeness (QED) is 0.230. The molecule has 1 heteroatoms. The Morgan fingerprint density at radius 2 is 0.972 bits per heavy atom. The van der Waals surface area contributed by atoms with Crippen LogP contribution in [0.4, 0.5) is 17.1 Å². The Morgan fingerprint density at radius 3 is 1.61 bits per heavy atom. The molecule has 0 saturated carbocycles. The average Bonchev–Trinajstić information content (AvgIpc) is 2.94. The fourth-order valence-electron chi connectivity index (χ4n) is 5.01. The first-order valence-corrected chi connectivity index (χ1v) is 12.9. The molecule has 0 amide bonds. The summed E-state index contributed by atoms with van der Waals surface area (Å²) in [5.41, 5.74) is 12.7. The van der Waals surface area contributed by atoms with Crippen molar-refractivity contribution in [3.05, 3.63) is 138 Å². The van der Waals surface area contributed by atoms with E-state index in [1.54, 1.807) is 0 Å². The van der Waals surface area contributed by atoms with Gasteiger partial charge in [-0.1, -0.05) is 104 Å². The van der Waals surface area contributed by atoms with Crippen molar-refractivity contribution < 1.29 is 0 Å². The van der Waals surface area contributed by atoms with Crippen molar-refractivity contribution in [2.75, 3.05) is 4.90 Å². The number of rotatable bonds is 7. The van der Waals surface area contributed by atoms with Crippen molar-refractivity contribution in [3.63, 3.8) is 0 Å². The molecule has 178 valence electrons. The van der Waals surface area contributed by atoms with Gasteiger partial charge in [0.15, 0.2) is 0 Å². The van der Waals surface area contributed by atoms with Crippen LogP contribution >= 0.6 is 0 Å². The highest BCUT2D eigenvalue weighted by Crippen LogP contribution is 2.38. The van der Waals surface area contributed by atoms with Gasteiger partial charge in [0.25, 0.3) is 0 Å². The van der Waals surface area contributed by atoms with E-state index < -0.39 is 0 Å². The van der Waals surface area contributed by atoms with Gasteiger partial charge in [-0.2, -0.15) is 0 Å². The third-order valence-electron chi connectivity index (χ3n) is 6.91. The van der Waals surface area contributed by atoms with Gasteiger partial charge >= 0.3 is 0 Å². The van der Waals surface area contributed by atoms with Crippen molar-refractivity contribution in [2.45, 2.75) is 33.6 Å². The minimum atomic E-state index is 0.982. The Hall–Kier alpha value is -4.10. The van der Waals surface area contributed by atoms with Gasteiger partial charge in [-0.15, -0.1) is 0 Å². The lowest BCUT2D eigenvalue weighted by molar-refractivity contribution is 1.11. The summed E-state index contributed by atoms with van der Waals surface area (Å²) >= 11 is 0. The summed E-state index contributed by atoms with van der Waals surface area (Å²) in [5.74, 6) is 0. The van der Waals surface area contributed by atoms with Gasteiger partial charge < -0.3 is 4.90 Å². The Morgan fingerprint density at radius 1 is 0.472 bits per heavy atom. The number of hydrogen-bond donors (Lipinski definition) is 0. The summed E-state index contributed by atoms with van der Waals surface area (Å²) in [4.78, 5) is 2.35. The maximum Gasteiger partial charge on any atom is 0.0464 e. The third kappa shape index (κ3) is 4.83. The van der Waals surface area contributed by atoms with Crippen molar-refractivity contribution in [1.29, 1.82) is 0 Å². The van der Waals surface area contributed by atoms with Crippen LogP contribution in [0.5, 0.6) is 0 Å². The van der Waals surface area contributed by atoms with Crippen LogP contribution in [0.15, 0.2) is 121 Å². The van der Waals surface area contributed by atoms with E-state index in [1.807, 2.05) is 0 Å². The van der Waals surface area contributed by atoms with Crippen molar-refractivity contribution in [1.82, 2.24) is 0 Å². The molecular weight excluding hydrogens is 434 g/mol. The lowest BCUT2D eigenvalue weighted by atomic mass is 9.91. The van der Waals surface area contributed by atoms with E-state index in [4.69, 9.17) is 0 Å². The molecule has 0 aromatic heterocycles. The topological polar surface area (TPSA) is 3.24 Å². The number of anilines is 3. The second kappa shape index (κ2) is 10.7. The van der Waals surface area contributed by atoms with Crippen molar-refractivity contribution >= 4 is 17.1 Å². The van der Waals surface area contributed by atoms with Crippen LogP contribution in [0.25, 0.3) is 22.3 Å². The van der Waals surface area contributed by atoms with Crippen LogP contribution in [0.1, 0.15) is 30.5 Å². The molecule has 0 radical (unpaired) electrons. The molecule has 5 aromatic rings. The van der Waals surface area contributed by atoms with Crippen LogP contribution in [0, 0.1) is 6.92 Å². The van der Waals surface area contributed by atoms with Gasteiger partial charge in [0.2, 0.25) is 0 Å². The number of nitrogens with zero attached hydrogens (tertiary/aromatic N) is 1. The Balaban J connectivity index is 1.59. The highest BCUT2D eigenvalue weighted by Gasteiger charge is 2.16. The standard InChI is InChI=1S/C35H33N/c1-4-27-24-26(3)16-22-34(27)35-23-21-33(25-28(35)5-2)36(31-14-10-7-11-15-31)32-19-17-30(18-20-32)29-12-8-6-9-13-29/h6-25H,4-5H2,1-3H3. The van der Waals surface area contributed by atoms with Gasteiger partial charge in [-0.25, -0.2) is 0 Å². The van der Waals surface area contributed by atoms with Crippen molar-refractivity contribution in [3.8, 4) is 22.3 Å². The van der Waals surface area contributed by atoms with Crippen LogP contribution in [-0.2, 0) is 12.8 Å². The molecule has 0 spiro atoms. The summed E-state index contributed by atoms with van der Waals surface area (Å²) in [6, 6.07) is 43.9. The Bertz CT molecular complexity index is 1430. The highest BCUT2D eigenvalue weighted by atomic mass is 15.1. The van der Waals surface area contributed by atoms with Gasteiger partial charge in [0.05, 0.1) is 0 Å². The van der Waals surface area contributed by atoms with E-state index in [-0.39, 0.29) is 0 Å². The zero-order valence-electron chi connectivity index (χ0n) is 21.4. The molecule has 1 nitrogen and oxygen atoms in total. The molecule has 0 aliphatic rings. The summed E-state index contributed by atoms with van der Waals surface area (Å²) in [7, 11) is 0. The fourth-order valence-corrected chi connectivity index (χ4v) is 5.01. The maximum absolute atomic E-state index is 2.37. The number of para-hydroxylation sites is 1. The predicted octanol–water partition coefficient (Wildman–Crippen LogP) is 9.92. The molecule has 5 rings (SSSR count). The summed E-state index contributed by atoms with van der Waals surface area (Å²) in [6.45, 7) is 6.67. The summed E-state index contributed by atoms with van der Waals surface area (Å²) < 4.78 is 0. The molecule has 0 atom stereocenters. The number of aryl methyl sites for hydroxylation is 3. The number of benzene rings is 5. The smallest absolute Gasteiger partial charge is 0.0464 e. The van der Waals surface area contributed by atoms with Crippen molar-refractivity contribution in [2.24, 2.45) is 0 Å². The fraction of sp³-hybridized carbons (Fsp3) is 0.143. The average molecular weight is 468 g/mol. The highest BCUT2D eigenvalue weighted by molar-refractivity contribution is 5.81. The monoisotopic (exact) mass is 467 g/mol. The molecular formula is C35H33N. The Labute approximate surface area is 215 Å². The van der Waals surface area contributed by atoms with Crippen LogP contribution < -0.4 is 4.90 Å². The van der Waals surface area contributed by atoms with E-state index in [1.165, 1.54) is 44.6 Å². The molecule has 0 N–H and O–H groups in total. The van der Waals surface area contributed by atoms with E-state index in [0.717, 1.165) is 24.2 Å². The minimum Gasteiger partial charge on any atom is -0.310 e. The maximum atomic E-state index is 2.37. The van der Waals surface area contributed by atoms with Gasteiger partial charge in [-0.05, 0) is 89.5 Å². The first-order valence-electron chi connectivity index (χ1n) is 12.9. The number of hydrogen-bond acceptors (Lipinski definition) is 1. The molecule has 0 saturated heterocycles. The lowest BCUT2D eigenvalue weighted by Gasteiger charge is -2.27. The first kappa shape index (κ1) is 23.6. The Kier molecular flexibility index (Phi) is 7.00. The molecule has 0 aliphatic carbocycles. The van der Waals surface area contributed by atoms with Gasteiger partial charge in [0, 0.05) is 17.1 Å². The lowest BCUT2D eigenvalue weighted by Crippen LogP contribution is -2.10. The molecule has 5 aromatic carbocycles. The summed E-state index contributed by atoms with van der Waals surface area (Å²) in [5, 5.41) is 0. The molecule has 0 heterocycles. The minimum absolute atomic E-state index is 0.982. The zero-order chi connectivity index (χ0) is 24.9. The third-order valence-corrected chi connectivity index (χ3v) is 6.91. The zero-order valence-corrected chi connectivity index (χ0v) is 21.4. The van der Waals surface area contributed by atoms with Crippen LogP contribution in [-0.4, -0.2) is 0 Å². The van der Waals surface area contributed by atoms with E-state index in [9.17, 15) is 0 Å². The van der Waals surface area contributed by atoms with E-state index >= 15 is 0 Å². The van der Waals surface area contributed by atoms with Gasteiger partial charge in [-0.3, -0.25) is 0 Å².